The molecule has 6 nitrogen and oxygen atoms in total. The standard InChI is InChI=1S/C12H16N4O2/c1-5-18-15-12(17)10-6-9-8(3)14-16(4)11(9)13-7(10)2/h6H,5H2,1-4H3,(H,15,17). The van der Waals surface area contributed by atoms with Gasteiger partial charge in [0.2, 0.25) is 0 Å². The summed E-state index contributed by atoms with van der Waals surface area (Å²) in [5, 5.41) is 5.16. The van der Waals surface area contributed by atoms with E-state index in [2.05, 4.69) is 15.6 Å². The molecule has 1 amide bonds. The lowest BCUT2D eigenvalue weighted by Crippen LogP contribution is -2.24. The van der Waals surface area contributed by atoms with Crippen LogP contribution in [0.25, 0.3) is 11.0 Å². The summed E-state index contributed by atoms with van der Waals surface area (Å²) < 4.78 is 1.71. The van der Waals surface area contributed by atoms with Crippen molar-refractivity contribution in [2.45, 2.75) is 20.8 Å². The van der Waals surface area contributed by atoms with Crippen LogP contribution in [0.5, 0.6) is 0 Å². The summed E-state index contributed by atoms with van der Waals surface area (Å²) in [7, 11) is 1.84. The van der Waals surface area contributed by atoms with Gasteiger partial charge in [-0.25, -0.2) is 10.5 Å². The molecule has 0 saturated heterocycles. The van der Waals surface area contributed by atoms with Crippen LogP contribution in [0.4, 0.5) is 0 Å². The first-order valence-corrected chi connectivity index (χ1v) is 5.77. The summed E-state index contributed by atoms with van der Waals surface area (Å²) in [5.74, 6) is -0.285. The van der Waals surface area contributed by atoms with Gasteiger partial charge in [0.15, 0.2) is 5.65 Å². The average molecular weight is 248 g/mol. The van der Waals surface area contributed by atoms with E-state index in [0.717, 1.165) is 16.7 Å². The zero-order valence-corrected chi connectivity index (χ0v) is 10.9. The van der Waals surface area contributed by atoms with E-state index in [9.17, 15) is 4.79 Å². The van der Waals surface area contributed by atoms with Crippen LogP contribution in [0.15, 0.2) is 6.07 Å². The van der Waals surface area contributed by atoms with Crippen LogP contribution in [0, 0.1) is 13.8 Å². The first-order chi connectivity index (χ1) is 8.54. The quantitative estimate of drug-likeness (QED) is 0.830. The van der Waals surface area contributed by atoms with Crippen LogP contribution in [-0.2, 0) is 11.9 Å². The predicted molar refractivity (Wildman–Crippen MR) is 67.1 cm³/mol. The second-order valence-corrected chi connectivity index (χ2v) is 4.07. The number of hydroxylamine groups is 1. The Morgan fingerprint density at radius 2 is 2.17 bits per heavy atom. The highest BCUT2D eigenvalue weighted by Gasteiger charge is 2.15. The highest BCUT2D eigenvalue weighted by molar-refractivity contribution is 5.98. The van der Waals surface area contributed by atoms with Gasteiger partial charge in [0.05, 0.1) is 23.6 Å². The van der Waals surface area contributed by atoms with Crippen molar-refractivity contribution in [3.63, 3.8) is 0 Å². The molecule has 0 bridgehead atoms. The molecule has 0 aromatic carbocycles. The van der Waals surface area contributed by atoms with Gasteiger partial charge in [-0.3, -0.25) is 14.3 Å². The Morgan fingerprint density at radius 3 is 2.83 bits per heavy atom. The average Bonchev–Trinajstić information content (AvgIpc) is 2.60. The number of nitrogens with one attached hydrogen (secondary N) is 1. The first-order valence-electron chi connectivity index (χ1n) is 5.77. The molecule has 0 radical (unpaired) electrons. The Bertz CT molecular complexity index is 604. The molecule has 96 valence electrons. The third-order valence-electron chi connectivity index (χ3n) is 2.74. The van der Waals surface area contributed by atoms with E-state index in [1.54, 1.807) is 24.6 Å². The minimum atomic E-state index is -0.285. The Kier molecular flexibility index (Phi) is 3.29. The van der Waals surface area contributed by atoms with Crippen LogP contribution in [0.3, 0.4) is 0 Å². The molecule has 0 fully saturated rings. The summed E-state index contributed by atoms with van der Waals surface area (Å²) in [6.45, 7) is 5.92. The molecule has 0 spiro atoms. The van der Waals surface area contributed by atoms with E-state index < -0.39 is 0 Å². The number of amides is 1. The monoisotopic (exact) mass is 248 g/mol. The van der Waals surface area contributed by atoms with E-state index in [1.807, 2.05) is 14.0 Å². The van der Waals surface area contributed by atoms with E-state index in [4.69, 9.17) is 4.84 Å². The molecule has 6 heteroatoms. The van der Waals surface area contributed by atoms with Gasteiger partial charge >= 0.3 is 0 Å². The van der Waals surface area contributed by atoms with Crippen molar-refractivity contribution in [2.24, 2.45) is 7.05 Å². The lowest BCUT2D eigenvalue weighted by atomic mass is 10.1. The molecule has 0 unspecified atom stereocenters. The number of hydrogen-bond donors (Lipinski definition) is 1. The molecular formula is C12H16N4O2. The molecule has 1 N–H and O–H groups in total. The number of aromatic nitrogens is 3. The molecule has 0 atom stereocenters. The lowest BCUT2D eigenvalue weighted by molar-refractivity contribution is 0.0363. The summed E-state index contributed by atoms with van der Waals surface area (Å²) in [5.41, 5.74) is 5.16. The molecule has 2 aromatic heterocycles. The second kappa shape index (κ2) is 4.73. The number of pyridine rings is 1. The van der Waals surface area contributed by atoms with E-state index >= 15 is 0 Å². The van der Waals surface area contributed by atoms with Crippen LogP contribution < -0.4 is 5.48 Å². The number of rotatable bonds is 3. The summed E-state index contributed by atoms with van der Waals surface area (Å²) >= 11 is 0. The van der Waals surface area contributed by atoms with Crippen molar-refractivity contribution in [2.75, 3.05) is 6.61 Å². The minimum absolute atomic E-state index is 0.285. The molecule has 0 aliphatic rings. The van der Waals surface area contributed by atoms with Crippen molar-refractivity contribution < 1.29 is 9.63 Å². The first kappa shape index (κ1) is 12.5. The Labute approximate surface area is 105 Å². The number of fused-ring (bicyclic) bond motifs is 1. The smallest absolute Gasteiger partial charge is 0.274 e. The fraction of sp³-hybridized carbons (Fsp3) is 0.417. The normalized spacial score (nSPS) is 10.9. The molecular weight excluding hydrogens is 232 g/mol. The number of nitrogens with zero attached hydrogens (tertiary/aromatic N) is 3. The van der Waals surface area contributed by atoms with Crippen molar-refractivity contribution >= 4 is 16.9 Å². The fourth-order valence-corrected chi connectivity index (χ4v) is 1.85. The van der Waals surface area contributed by atoms with Gasteiger partial charge in [-0.2, -0.15) is 5.10 Å². The van der Waals surface area contributed by atoms with Gasteiger partial charge in [-0.15, -0.1) is 0 Å². The zero-order chi connectivity index (χ0) is 13.3. The largest absolute Gasteiger partial charge is 0.276 e. The minimum Gasteiger partial charge on any atom is -0.274 e. The zero-order valence-electron chi connectivity index (χ0n) is 10.9. The molecule has 2 heterocycles. The Hall–Kier alpha value is -1.95. The van der Waals surface area contributed by atoms with E-state index in [1.165, 1.54) is 0 Å². The fourth-order valence-electron chi connectivity index (χ4n) is 1.85. The van der Waals surface area contributed by atoms with Gasteiger partial charge in [-0.05, 0) is 26.8 Å². The SMILES string of the molecule is CCONC(=O)c1cc2c(C)nn(C)c2nc1C. The maximum Gasteiger partial charge on any atom is 0.276 e. The second-order valence-electron chi connectivity index (χ2n) is 4.07. The van der Waals surface area contributed by atoms with Crippen LogP contribution in [0.1, 0.15) is 28.7 Å². The topological polar surface area (TPSA) is 69.0 Å². The summed E-state index contributed by atoms with van der Waals surface area (Å²) in [6, 6.07) is 1.80. The van der Waals surface area contributed by atoms with Crippen LogP contribution in [-0.4, -0.2) is 27.3 Å². The Morgan fingerprint density at radius 1 is 1.44 bits per heavy atom. The number of hydrogen-bond acceptors (Lipinski definition) is 4. The maximum absolute atomic E-state index is 11.9. The third kappa shape index (κ3) is 2.06. The number of carbonyl (C=O) groups excluding carboxylic acids is 1. The molecule has 18 heavy (non-hydrogen) atoms. The van der Waals surface area contributed by atoms with Crippen molar-refractivity contribution in [3.8, 4) is 0 Å². The van der Waals surface area contributed by atoms with Crippen LogP contribution in [0.2, 0.25) is 0 Å². The lowest BCUT2D eigenvalue weighted by Gasteiger charge is -2.06. The molecule has 2 aromatic rings. The van der Waals surface area contributed by atoms with Gasteiger partial charge in [-0.1, -0.05) is 0 Å². The van der Waals surface area contributed by atoms with E-state index in [-0.39, 0.29) is 5.91 Å². The van der Waals surface area contributed by atoms with Crippen molar-refractivity contribution in [1.29, 1.82) is 0 Å². The summed E-state index contributed by atoms with van der Waals surface area (Å²) in [4.78, 5) is 21.2. The van der Waals surface area contributed by atoms with Gasteiger partial charge in [0, 0.05) is 12.4 Å². The van der Waals surface area contributed by atoms with Crippen molar-refractivity contribution in [1.82, 2.24) is 20.2 Å². The molecule has 0 saturated carbocycles. The van der Waals surface area contributed by atoms with Crippen LogP contribution >= 0.6 is 0 Å². The highest BCUT2D eigenvalue weighted by Crippen LogP contribution is 2.19. The summed E-state index contributed by atoms with van der Waals surface area (Å²) in [6.07, 6.45) is 0. The van der Waals surface area contributed by atoms with E-state index in [0.29, 0.717) is 17.9 Å². The molecule has 0 aliphatic heterocycles. The highest BCUT2D eigenvalue weighted by atomic mass is 16.6. The predicted octanol–water partition coefficient (Wildman–Crippen LogP) is 1.27. The number of aryl methyl sites for hydroxylation is 3. The van der Waals surface area contributed by atoms with Crippen molar-refractivity contribution in [3.05, 3.63) is 23.0 Å². The molecule has 0 aliphatic carbocycles. The van der Waals surface area contributed by atoms with Gasteiger partial charge in [0.25, 0.3) is 5.91 Å². The molecule has 2 rings (SSSR count). The van der Waals surface area contributed by atoms with Gasteiger partial charge < -0.3 is 0 Å². The number of carbonyl (C=O) groups is 1. The Balaban J connectivity index is 2.49. The van der Waals surface area contributed by atoms with Gasteiger partial charge in [0.1, 0.15) is 0 Å². The maximum atomic E-state index is 11.9. The third-order valence-corrected chi connectivity index (χ3v) is 2.74.